The van der Waals surface area contributed by atoms with Crippen LogP contribution in [0.4, 0.5) is 8.78 Å². The average Bonchev–Trinajstić information content (AvgIpc) is 2.09. The van der Waals surface area contributed by atoms with Gasteiger partial charge in [-0.25, -0.2) is 0 Å². The highest BCUT2D eigenvalue weighted by Crippen LogP contribution is 2.31. The molecule has 0 saturated heterocycles. The number of alkyl halides is 2. The Kier molecular flexibility index (Phi) is 3.71. The highest BCUT2D eigenvalue weighted by Gasteiger charge is 2.14. The predicted molar refractivity (Wildman–Crippen MR) is 51.6 cm³/mol. The third-order valence-corrected chi connectivity index (χ3v) is 2.11. The molecule has 0 aromatic heterocycles. The molecule has 0 heterocycles. The van der Waals surface area contributed by atoms with Crippen LogP contribution in [0.2, 0.25) is 10.0 Å². The van der Waals surface area contributed by atoms with Crippen LogP contribution in [0.1, 0.15) is 10.4 Å². The summed E-state index contributed by atoms with van der Waals surface area (Å²) in [5, 5.41) is -0.254. The van der Waals surface area contributed by atoms with Gasteiger partial charge in [0.05, 0.1) is 15.6 Å². The van der Waals surface area contributed by atoms with Crippen molar-refractivity contribution in [2.45, 2.75) is 6.61 Å². The van der Waals surface area contributed by atoms with Gasteiger partial charge >= 0.3 is 6.61 Å². The van der Waals surface area contributed by atoms with Crippen molar-refractivity contribution < 1.29 is 18.3 Å². The number of hydrogen-bond donors (Lipinski definition) is 1. The van der Waals surface area contributed by atoms with Crippen molar-refractivity contribution >= 4 is 29.1 Å². The van der Waals surface area contributed by atoms with Crippen molar-refractivity contribution in [3.8, 4) is 5.75 Å². The number of benzene rings is 1. The summed E-state index contributed by atoms with van der Waals surface area (Å²) < 4.78 is 27.8. The lowest BCUT2D eigenvalue weighted by molar-refractivity contribution is -0.0497. The highest BCUT2D eigenvalue weighted by atomic mass is 35.5. The number of halogens is 4. The molecule has 0 spiro atoms. The van der Waals surface area contributed by atoms with Crippen LogP contribution in [0.5, 0.6) is 5.75 Å². The van der Waals surface area contributed by atoms with Crippen LogP contribution in [-0.2, 0) is 0 Å². The van der Waals surface area contributed by atoms with Gasteiger partial charge in [-0.2, -0.15) is 8.78 Å². The first-order valence-electron chi connectivity index (χ1n) is 3.65. The van der Waals surface area contributed by atoms with Gasteiger partial charge in [-0.1, -0.05) is 23.2 Å². The third-order valence-electron chi connectivity index (χ3n) is 1.50. The highest BCUT2D eigenvalue weighted by molar-refractivity contribution is 6.36. The topological polar surface area (TPSA) is 52.3 Å². The number of hydrogen-bond acceptors (Lipinski definition) is 2. The Morgan fingerprint density at radius 3 is 2.40 bits per heavy atom. The zero-order valence-corrected chi connectivity index (χ0v) is 8.65. The molecule has 1 rings (SSSR count). The smallest absolute Gasteiger partial charge is 0.387 e. The molecule has 0 radical (unpaired) electrons. The normalized spacial score (nSPS) is 10.5. The van der Waals surface area contributed by atoms with Gasteiger partial charge in [-0.15, -0.1) is 0 Å². The molecule has 0 atom stereocenters. The number of ether oxygens (including phenoxy) is 1. The summed E-state index contributed by atoms with van der Waals surface area (Å²) in [6.07, 6.45) is 0. The van der Waals surface area contributed by atoms with Gasteiger partial charge in [0.2, 0.25) is 5.91 Å². The van der Waals surface area contributed by atoms with Gasteiger partial charge < -0.3 is 10.5 Å². The van der Waals surface area contributed by atoms with E-state index < -0.39 is 12.5 Å². The van der Waals surface area contributed by atoms with Gasteiger partial charge in [0.1, 0.15) is 5.75 Å². The fraction of sp³-hybridized carbons (Fsp3) is 0.125. The van der Waals surface area contributed by atoms with Crippen LogP contribution in [0.25, 0.3) is 0 Å². The number of carbonyl (C=O) groups is 1. The Bertz CT molecular complexity index is 398. The van der Waals surface area contributed by atoms with Crippen LogP contribution < -0.4 is 10.5 Å². The summed E-state index contributed by atoms with van der Waals surface area (Å²) in [7, 11) is 0. The zero-order valence-electron chi connectivity index (χ0n) is 7.14. The Morgan fingerprint density at radius 2 is 1.93 bits per heavy atom. The van der Waals surface area contributed by atoms with E-state index in [2.05, 4.69) is 4.74 Å². The molecule has 1 aromatic carbocycles. The molecule has 82 valence electrons. The van der Waals surface area contributed by atoms with E-state index in [-0.39, 0.29) is 21.4 Å². The maximum Gasteiger partial charge on any atom is 0.387 e. The maximum absolute atomic E-state index is 11.9. The monoisotopic (exact) mass is 255 g/mol. The summed E-state index contributed by atoms with van der Waals surface area (Å²) in [5.74, 6) is -1.10. The molecule has 0 aliphatic heterocycles. The molecule has 0 bridgehead atoms. The molecule has 0 unspecified atom stereocenters. The lowest BCUT2D eigenvalue weighted by atomic mass is 10.2. The van der Waals surface area contributed by atoms with Gasteiger partial charge in [-0.3, -0.25) is 4.79 Å². The fourth-order valence-electron chi connectivity index (χ4n) is 0.904. The van der Waals surface area contributed by atoms with E-state index >= 15 is 0 Å². The lowest BCUT2D eigenvalue weighted by Gasteiger charge is -2.08. The Labute approximate surface area is 93.7 Å². The minimum atomic E-state index is -3.02. The average molecular weight is 256 g/mol. The number of rotatable bonds is 3. The fourth-order valence-corrected chi connectivity index (χ4v) is 1.36. The second-order valence-electron chi connectivity index (χ2n) is 2.51. The summed E-state index contributed by atoms with van der Waals surface area (Å²) >= 11 is 11.2. The standard InChI is InChI=1S/C8H5Cl2F2NO2/c9-4-2-6(15-8(11)12)5(10)1-3(4)7(13)14/h1-2,8H,(H2,13,14). The van der Waals surface area contributed by atoms with Crippen molar-refractivity contribution in [1.29, 1.82) is 0 Å². The molecule has 7 heteroatoms. The van der Waals surface area contributed by atoms with Crippen molar-refractivity contribution in [2.24, 2.45) is 5.73 Å². The molecule has 0 aliphatic carbocycles. The first-order valence-corrected chi connectivity index (χ1v) is 4.41. The lowest BCUT2D eigenvalue weighted by Crippen LogP contribution is -2.12. The molecule has 1 aromatic rings. The summed E-state index contributed by atoms with van der Waals surface area (Å²) in [6.45, 7) is -3.02. The number of amides is 1. The number of nitrogens with two attached hydrogens (primary N) is 1. The van der Waals surface area contributed by atoms with E-state index in [1.165, 1.54) is 0 Å². The van der Waals surface area contributed by atoms with E-state index in [4.69, 9.17) is 28.9 Å². The van der Waals surface area contributed by atoms with Crippen LogP contribution in [0.15, 0.2) is 12.1 Å². The van der Waals surface area contributed by atoms with E-state index in [0.717, 1.165) is 12.1 Å². The molecule has 1 amide bonds. The SMILES string of the molecule is NC(=O)c1cc(Cl)c(OC(F)F)cc1Cl. The second-order valence-corrected chi connectivity index (χ2v) is 3.32. The van der Waals surface area contributed by atoms with Crippen LogP contribution in [-0.4, -0.2) is 12.5 Å². The third kappa shape index (κ3) is 2.94. The number of primary amides is 1. The maximum atomic E-state index is 11.9. The molecule has 2 N–H and O–H groups in total. The van der Waals surface area contributed by atoms with Crippen molar-refractivity contribution in [3.63, 3.8) is 0 Å². The van der Waals surface area contributed by atoms with Gasteiger partial charge in [0.15, 0.2) is 0 Å². The molecule has 3 nitrogen and oxygen atoms in total. The Morgan fingerprint density at radius 1 is 1.33 bits per heavy atom. The van der Waals surface area contributed by atoms with E-state index in [9.17, 15) is 13.6 Å². The van der Waals surface area contributed by atoms with Crippen molar-refractivity contribution in [1.82, 2.24) is 0 Å². The summed E-state index contributed by atoms with van der Waals surface area (Å²) in [6, 6.07) is 2.08. The quantitative estimate of drug-likeness (QED) is 0.903. The first-order chi connectivity index (χ1) is 6.91. The first kappa shape index (κ1) is 12.0. The molecule has 15 heavy (non-hydrogen) atoms. The Hall–Kier alpha value is -1.07. The van der Waals surface area contributed by atoms with Gasteiger partial charge in [0.25, 0.3) is 0 Å². The summed E-state index contributed by atoms with van der Waals surface area (Å²) in [5.41, 5.74) is 4.91. The van der Waals surface area contributed by atoms with Gasteiger partial charge in [-0.05, 0) is 6.07 Å². The van der Waals surface area contributed by atoms with Crippen LogP contribution in [0.3, 0.4) is 0 Å². The van der Waals surface area contributed by atoms with Crippen LogP contribution >= 0.6 is 23.2 Å². The Balaban J connectivity index is 3.13. The largest absolute Gasteiger partial charge is 0.433 e. The van der Waals surface area contributed by atoms with E-state index in [1.54, 1.807) is 0 Å². The minimum absolute atomic E-state index is 0.0525. The second kappa shape index (κ2) is 4.63. The van der Waals surface area contributed by atoms with Crippen molar-refractivity contribution in [2.75, 3.05) is 0 Å². The molecule has 0 fully saturated rings. The van der Waals surface area contributed by atoms with Gasteiger partial charge in [0, 0.05) is 6.07 Å². The predicted octanol–water partition coefficient (Wildman–Crippen LogP) is 2.69. The number of carbonyl (C=O) groups excluding carboxylic acids is 1. The molecular weight excluding hydrogens is 251 g/mol. The molecule has 0 aliphatic rings. The van der Waals surface area contributed by atoms with E-state index in [0.29, 0.717) is 0 Å². The van der Waals surface area contributed by atoms with Crippen molar-refractivity contribution in [3.05, 3.63) is 27.7 Å². The summed E-state index contributed by atoms with van der Waals surface area (Å²) in [4.78, 5) is 10.8. The molecular formula is C8H5Cl2F2NO2. The minimum Gasteiger partial charge on any atom is -0.433 e. The van der Waals surface area contributed by atoms with E-state index in [1.807, 2.05) is 0 Å². The van der Waals surface area contributed by atoms with Crippen LogP contribution in [0, 0.1) is 0 Å². The molecule has 0 saturated carbocycles. The zero-order chi connectivity index (χ0) is 11.6.